The zero-order valence-electron chi connectivity index (χ0n) is 15.6. The Morgan fingerprint density at radius 1 is 1.29 bits per heavy atom. The zero-order valence-corrected chi connectivity index (χ0v) is 16.6. The number of aliphatic hydroxyl groups is 1. The summed E-state index contributed by atoms with van der Waals surface area (Å²) in [6.45, 7) is 20.6. The minimum absolute atomic E-state index is 0.0309. The minimum atomic E-state index is -1.73. The Bertz CT molecular complexity index is 398. The van der Waals surface area contributed by atoms with Crippen LogP contribution in [0.25, 0.3) is 0 Å². The van der Waals surface area contributed by atoms with E-state index in [0.717, 1.165) is 19.4 Å². The van der Waals surface area contributed by atoms with Gasteiger partial charge in [0.05, 0.1) is 5.60 Å². The van der Waals surface area contributed by atoms with E-state index in [1.807, 2.05) is 13.8 Å². The summed E-state index contributed by atoms with van der Waals surface area (Å²) in [5.41, 5.74) is 0.489. The third kappa shape index (κ3) is 4.43. The van der Waals surface area contributed by atoms with Gasteiger partial charge in [0.15, 0.2) is 8.32 Å². The number of hydrogen-bond acceptors (Lipinski definition) is 2. The van der Waals surface area contributed by atoms with Gasteiger partial charge < -0.3 is 9.53 Å². The predicted octanol–water partition coefficient (Wildman–Crippen LogP) is 5.14. The van der Waals surface area contributed by atoms with E-state index in [4.69, 9.17) is 4.43 Å². The van der Waals surface area contributed by atoms with Crippen molar-refractivity contribution in [1.29, 1.82) is 0 Å². The molecule has 2 atom stereocenters. The van der Waals surface area contributed by atoms with Crippen molar-refractivity contribution >= 4 is 8.32 Å². The normalized spacial score (nSPS) is 28.5. The molecule has 0 aromatic heterocycles. The molecule has 0 fully saturated rings. The Hall–Kier alpha value is -0.123. The van der Waals surface area contributed by atoms with E-state index in [1.54, 1.807) is 0 Å². The standard InChI is InChI=1S/C18H36O2Si/c1-14-10-11-15(17(5,6)19)12-18(14,7)13-20-21(8,9)16(2,3)4/h12,14,19H,10-11,13H2,1-9H3/t14-,18-/m0/s1. The van der Waals surface area contributed by atoms with Crippen LogP contribution in [0.2, 0.25) is 18.1 Å². The van der Waals surface area contributed by atoms with Crippen molar-refractivity contribution in [3.8, 4) is 0 Å². The highest BCUT2D eigenvalue weighted by Crippen LogP contribution is 2.44. The SMILES string of the molecule is C[C@H]1CCC(C(C)(C)O)=C[C@@]1(C)CO[Si](C)(C)C(C)(C)C. The van der Waals surface area contributed by atoms with Gasteiger partial charge in [-0.25, -0.2) is 0 Å². The quantitative estimate of drug-likeness (QED) is 0.575. The summed E-state index contributed by atoms with van der Waals surface area (Å²) in [4.78, 5) is 0. The number of rotatable bonds is 4. The minimum Gasteiger partial charge on any atom is -0.416 e. The van der Waals surface area contributed by atoms with Crippen molar-refractivity contribution in [3.63, 3.8) is 0 Å². The molecule has 0 spiro atoms. The molecule has 1 aliphatic rings. The summed E-state index contributed by atoms with van der Waals surface area (Å²) in [7, 11) is -1.73. The van der Waals surface area contributed by atoms with E-state index in [1.165, 1.54) is 5.57 Å². The van der Waals surface area contributed by atoms with E-state index >= 15 is 0 Å². The van der Waals surface area contributed by atoms with Gasteiger partial charge in [-0.05, 0) is 56.3 Å². The maximum Gasteiger partial charge on any atom is 0.192 e. The van der Waals surface area contributed by atoms with E-state index < -0.39 is 13.9 Å². The van der Waals surface area contributed by atoms with Gasteiger partial charge in [-0.2, -0.15) is 0 Å². The molecule has 0 saturated heterocycles. The largest absolute Gasteiger partial charge is 0.416 e. The van der Waals surface area contributed by atoms with Crippen LogP contribution >= 0.6 is 0 Å². The second kappa shape index (κ2) is 5.82. The van der Waals surface area contributed by atoms with Crippen LogP contribution in [0.15, 0.2) is 11.6 Å². The Morgan fingerprint density at radius 2 is 1.81 bits per heavy atom. The second-order valence-electron chi connectivity index (χ2n) is 9.22. The van der Waals surface area contributed by atoms with Gasteiger partial charge in [0.1, 0.15) is 0 Å². The zero-order chi connectivity index (χ0) is 16.7. The fraction of sp³-hybridized carbons (Fsp3) is 0.889. The van der Waals surface area contributed by atoms with Gasteiger partial charge in [0, 0.05) is 12.0 Å². The molecule has 0 aliphatic heterocycles. The molecule has 0 amide bonds. The number of hydrogen-bond donors (Lipinski definition) is 1. The molecule has 2 nitrogen and oxygen atoms in total. The Labute approximate surface area is 133 Å². The van der Waals surface area contributed by atoms with Crippen molar-refractivity contribution in [2.45, 2.75) is 85.0 Å². The van der Waals surface area contributed by atoms with E-state index in [0.29, 0.717) is 5.92 Å². The first kappa shape index (κ1) is 18.9. The lowest BCUT2D eigenvalue weighted by Crippen LogP contribution is -2.45. The molecule has 1 aliphatic carbocycles. The average molecular weight is 313 g/mol. The molecule has 0 aromatic rings. The fourth-order valence-electron chi connectivity index (χ4n) is 2.53. The Kier molecular flexibility index (Phi) is 5.25. The molecule has 0 radical (unpaired) electrons. The summed E-state index contributed by atoms with van der Waals surface area (Å²) in [5.74, 6) is 0.591. The summed E-state index contributed by atoms with van der Waals surface area (Å²) in [5, 5.41) is 10.6. The van der Waals surface area contributed by atoms with Crippen LogP contribution in [-0.4, -0.2) is 25.6 Å². The monoisotopic (exact) mass is 312 g/mol. The summed E-state index contributed by atoms with van der Waals surface area (Å²) < 4.78 is 6.48. The second-order valence-corrected chi connectivity index (χ2v) is 14.0. The molecule has 0 saturated carbocycles. The maximum absolute atomic E-state index is 10.3. The molecule has 1 N–H and O–H groups in total. The van der Waals surface area contributed by atoms with E-state index in [9.17, 15) is 5.11 Å². The first-order valence-corrected chi connectivity index (χ1v) is 11.2. The molecular formula is C18H36O2Si. The van der Waals surface area contributed by atoms with Gasteiger partial charge in [-0.3, -0.25) is 0 Å². The van der Waals surface area contributed by atoms with Crippen LogP contribution in [0.3, 0.4) is 0 Å². The summed E-state index contributed by atoms with van der Waals surface area (Å²) in [6, 6.07) is 0. The Balaban J connectivity index is 2.93. The average Bonchev–Trinajstić information content (AvgIpc) is 2.28. The molecule has 124 valence electrons. The van der Waals surface area contributed by atoms with Gasteiger partial charge in [-0.15, -0.1) is 0 Å². The van der Waals surface area contributed by atoms with Gasteiger partial charge in [0.25, 0.3) is 0 Å². The van der Waals surface area contributed by atoms with Crippen LogP contribution in [0.1, 0.15) is 61.3 Å². The first-order valence-electron chi connectivity index (χ1n) is 8.28. The first-order chi connectivity index (χ1) is 9.19. The van der Waals surface area contributed by atoms with Crippen LogP contribution in [0, 0.1) is 11.3 Å². The van der Waals surface area contributed by atoms with Crippen molar-refractivity contribution in [3.05, 3.63) is 11.6 Å². The van der Waals surface area contributed by atoms with Gasteiger partial charge in [0.2, 0.25) is 0 Å². The molecule has 0 aromatic carbocycles. The van der Waals surface area contributed by atoms with Crippen molar-refractivity contribution in [2.75, 3.05) is 6.61 Å². The smallest absolute Gasteiger partial charge is 0.192 e. The molecule has 0 bridgehead atoms. The Morgan fingerprint density at radius 3 is 2.24 bits per heavy atom. The van der Waals surface area contributed by atoms with Crippen LogP contribution in [0.4, 0.5) is 0 Å². The van der Waals surface area contributed by atoms with E-state index in [-0.39, 0.29) is 10.5 Å². The molecule has 1 rings (SSSR count). The van der Waals surface area contributed by atoms with Crippen molar-refractivity contribution in [1.82, 2.24) is 0 Å². The van der Waals surface area contributed by atoms with Crippen LogP contribution in [-0.2, 0) is 4.43 Å². The molecule has 3 heteroatoms. The third-order valence-electron chi connectivity index (χ3n) is 5.81. The van der Waals surface area contributed by atoms with Crippen LogP contribution < -0.4 is 0 Å². The highest BCUT2D eigenvalue weighted by atomic mass is 28.4. The topological polar surface area (TPSA) is 29.5 Å². The third-order valence-corrected chi connectivity index (χ3v) is 10.3. The lowest BCUT2D eigenvalue weighted by molar-refractivity contribution is 0.0867. The van der Waals surface area contributed by atoms with Crippen LogP contribution in [0.5, 0.6) is 0 Å². The lowest BCUT2D eigenvalue weighted by atomic mass is 9.68. The van der Waals surface area contributed by atoms with E-state index in [2.05, 4.69) is 53.8 Å². The highest BCUT2D eigenvalue weighted by molar-refractivity contribution is 6.74. The summed E-state index contributed by atoms with van der Waals surface area (Å²) in [6.07, 6.45) is 4.43. The molecule has 0 heterocycles. The predicted molar refractivity (Wildman–Crippen MR) is 94.0 cm³/mol. The summed E-state index contributed by atoms with van der Waals surface area (Å²) >= 11 is 0. The van der Waals surface area contributed by atoms with Crippen molar-refractivity contribution in [2.24, 2.45) is 11.3 Å². The van der Waals surface area contributed by atoms with Crippen molar-refractivity contribution < 1.29 is 9.53 Å². The fourth-order valence-corrected chi connectivity index (χ4v) is 3.64. The highest BCUT2D eigenvalue weighted by Gasteiger charge is 2.41. The molecular weight excluding hydrogens is 276 g/mol. The molecule has 0 unspecified atom stereocenters. The maximum atomic E-state index is 10.3. The lowest BCUT2D eigenvalue weighted by Gasteiger charge is -2.44. The molecule has 21 heavy (non-hydrogen) atoms. The van der Waals surface area contributed by atoms with Gasteiger partial charge >= 0.3 is 0 Å². The van der Waals surface area contributed by atoms with Gasteiger partial charge in [-0.1, -0.05) is 40.7 Å².